The van der Waals surface area contributed by atoms with E-state index in [1.54, 1.807) is 0 Å². The lowest BCUT2D eigenvalue weighted by Gasteiger charge is -2.07. The Morgan fingerprint density at radius 1 is 0.900 bits per heavy atom. The Balaban J connectivity index is 2.01. The van der Waals surface area contributed by atoms with Gasteiger partial charge in [0.2, 0.25) is 5.95 Å². The van der Waals surface area contributed by atoms with Crippen molar-refractivity contribution in [2.75, 3.05) is 5.32 Å². The summed E-state index contributed by atoms with van der Waals surface area (Å²) in [5.41, 5.74) is 3.07. The number of hydrogen-bond donors (Lipinski definition) is 1. The molecule has 3 rings (SSSR count). The van der Waals surface area contributed by atoms with Gasteiger partial charge in [0.15, 0.2) is 11.0 Å². The molecule has 1 N–H and O–H groups in total. The van der Waals surface area contributed by atoms with E-state index in [0.29, 0.717) is 11.8 Å². The standard InChI is InChI=1S/C13H11ClN6/c1-7-8(2)19-20-13(15-7)18-12-11(14)16-9-5-3-4-6-10(9)17-12/h3-6H,1-2H3,(H,15,17,18,20). The molecule has 0 aliphatic rings. The fourth-order valence-electron chi connectivity index (χ4n) is 1.67. The zero-order valence-electron chi connectivity index (χ0n) is 10.9. The largest absolute Gasteiger partial charge is 0.305 e. The van der Waals surface area contributed by atoms with E-state index in [1.165, 1.54) is 0 Å². The van der Waals surface area contributed by atoms with Gasteiger partial charge in [-0.1, -0.05) is 23.7 Å². The summed E-state index contributed by atoms with van der Waals surface area (Å²) in [4.78, 5) is 13.0. The molecular formula is C13H11ClN6. The van der Waals surface area contributed by atoms with Crippen LogP contribution in [-0.2, 0) is 0 Å². The fraction of sp³-hybridized carbons (Fsp3) is 0.154. The Kier molecular flexibility index (Phi) is 3.15. The molecule has 0 fully saturated rings. The second-order valence-corrected chi connectivity index (χ2v) is 4.64. The Morgan fingerprint density at radius 3 is 2.30 bits per heavy atom. The van der Waals surface area contributed by atoms with Crippen LogP contribution in [-0.4, -0.2) is 25.1 Å². The monoisotopic (exact) mass is 286 g/mol. The number of benzene rings is 1. The first kappa shape index (κ1) is 12.7. The number of aryl methyl sites for hydroxylation is 2. The minimum Gasteiger partial charge on any atom is -0.305 e. The minimum absolute atomic E-state index is 0.269. The summed E-state index contributed by atoms with van der Waals surface area (Å²) in [5.74, 6) is 0.759. The number of nitrogens with zero attached hydrogens (tertiary/aromatic N) is 5. The lowest BCUT2D eigenvalue weighted by atomic mass is 10.3. The van der Waals surface area contributed by atoms with E-state index in [0.717, 1.165) is 22.4 Å². The van der Waals surface area contributed by atoms with Gasteiger partial charge >= 0.3 is 0 Å². The maximum atomic E-state index is 6.11. The van der Waals surface area contributed by atoms with Gasteiger partial charge < -0.3 is 5.32 Å². The predicted molar refractivity (Wildman–Crippen MR) is 77.1 cm³/mol. The van der Waals surface area contributed by atoms with Crippen LogP contribution >= 0.6 is 11.6 Å². The molecule has 7 heteroatoms. The molecule has 2 heterocycles. The summed E-state index contributed by atoms with van der Waals surface area (Å²) in [5, 5.41) is 11.2. The summed E-state index contributed by atoms with van der Waals surface area (Å²) < 4.78 is 0. The van der Waals surface area contributed by atoms with Gasteiger partial charge in [0.1, 0.15) is 0 Å². The SMILES string of the molecule is Cc1nnc(Nc2nc3ccccc3nc2Cl)nc1C. The molecule has 0 saturated carbocycles. The van der Waals surface area contributed by atoms with E-state index < -0.39 is 0 Å². The van der Waals surface area contributed by atoms with Crippen molar-refractivity contribution in [2.24, 2.45) is 0 Å². The molecule has 0 atom stereocenters. The molecule has 0 saturated heterocycles. The molecule has 0 amide bonds. The third-order valence-corrected chi connectivity index (χ3v) is 3.11. The van der Waals surface area contributed by atoms with Crippen LogP contribution in [0.4, 0.5) is 11.8 Å². The summed E-state index contributed by atoms with van der Waals surface area (Å²) >= 11 is 6.11. The molecule has 0 radical (unpaired) electrons. The van der Waals surface area contributed by atoms with Gasteiger partial charge in [0.05, 0.1) is 22.4 Å². The Bertz CT molecular complexity index is 789. The maximum absolute atomic E-state index is 6.11. The van der Waals surface area contributed by atoms with Crippen molar-refractivity contribution in [3.05, 3.63) is 40.8 Å². The van der Waals surface area contributed by atoms with E-state index in [1.807, 2.05) is 38.1 Å². The van der Waals surface area contributed by atoms with E-state index in [9.17, 15) is 0 Å². The van der Waals surface area contributed by atoms with Crippen molar-refractivity contribution in [1.82, 2.24) is 25.1 Å². The predicted octanol–water partition coefficient (Wildman–Crippen LogP) is 2.83. The first-order valence-corrected chi connectivity index (χ1v) is 6.38. The number of fused-ring (bicyclic) bond motifs is 1. The molecule has 0 spiro atoms. The molecule has 0 aliphatic heterocycles. The Morgan fingerprint density at radius 2 is 1.60 bits per heavy atom. The molecule has 0 unspecified atom stereocenters. The summed E-state index contributed by atoms with van der Waals surface area (Å²) in [6, 6.07) is 7.50. The normalized spacial score (nSPS) is 10.8. The molecule has 20 heavy (non-hydrogen) atoms. The highest BCUT2D eigenvalue weighted by Crippen LogP contribution is 2.22. The molecule has 0 bridgehead atoms. The number of hydrogen-bond acceptors (Lipinski definition) is 6. The second kappa shape index (κ2) is 4.97. The van der Waals surface area contributed by atoms with Crippen LogP contribution in [0.5, 0.6) is 0 Å². The second-order valence-electron chi connectivity index (χ2n) is 4.28. The van der Waals surface area contributed by atoms with Gasteiger partial charge in [-0.25, -0.2) is 15.0 Å². The Hall–Kier alpha value is -2.34. The van der Waals surface area contributed by atoms with Gasteiger partial charge in [-0.05, 0) is 26.0 Å². The van der Waals surface area contributed by atoms with Crippen LogP contribution in [0, 0.1) is 13.8 Å². The van der Waals surface area contributed by atoms with Crippen LogP contribution in [0.15, 0.2) is 24.3 Å². The van der Waals surface area contributed by atoms with Gasteiger partial charge in [0, 0.05) is 0 Å². The molecule has 100 valence electrons. The van der Waals surface area contributed by atoms with E-state index >= 15 is 0 Å². The van der Waals surface area contributed by atoms with Gasteiger partial charge in [-0.2, -0.15) is 5.10 Å². The molecule has 2 aromatic heterocycles. The third kappa shape index (κ3) is 2.37. The summed E-state index contributed by atoms with van der Waals surface area (Å²) in [7, 11) is 0. The first-order valence-electron chi connectivity index (χ1n) is 6.01. The number of anilines is 2. The highest BCUT2D eigenvalue weighted by Gasteiger charge is 2.09. The van der Waals surface area contributed by atoms with Crippen molar-refractivity contribution in [2.45, 2.75) is 13.8 Å². The Labute approximate surface area is 120 Å². The number of nitrogens with one attached hydrogen (secondary N) is 1. The smallest absolute Gasteiger partial charge is 0.248 e. The number of para-hydroxylation sites is 2. The van der Waals surface area contributed by atoms with E-state index in [4.69, 9.17) is 11.6 Å². The average molecular weight is 287 g/mol. The highest BCUT2D eigenvalue weighted by atomic mass is 35.5. The summed E-state index contributed by atoms with van der Waals surface area (Å²) in [6.45, 7) is 3.71. The van der Waals surface area contributed by atoms with Gasteiger partial charge in [-0.15, -0.1) is 5.10 Å². The number of rotatable bonds is 2. The van der Waals surface area contributed by atoms with Crippen LogP contribution < -0.4 is 5.32 Å². The topological polar surface area (TPSA) is 76.5 Å². The van der Waals surface area contributed by atoms with Crippen molar-refractivity contribution in [1.29, 1.82) is 0 Å². The average Bonchev–Trinajstić information content (AvgIpc) is 2.44. The molecule has 0 aliphatic carbocycles. The fourth-order valence-corrected chi connectivity index (χ4v) is 1.85. The van der Waals surface area contributed by atoms with Crippen LogP contribution in [0.25, 0.3) is 11.0 Å². The highest BCUT2D eigenvalue weighted by molar-refractivity contribution is 6.32. The van der Waals surface area contributed by atoms with Crippen LogP contribution in [0.1, 0.15) is 11.4 Å². The zero-order chi connectivity index (χ0) is 14.1. The first-order chi connectivity index (χ1) is 9.63. The lowest BCUT2D eigenvalue weighted by Crippen LogP contribution is -2.05. The van der Waals surface area contributed by atoms with Gasteiger partial charge in [0.25, 0.3) is 0 Å². The molecule has 1 aromatic carbocycles. The van der Waals surface area contributed by atoms with E-state index in [2.05, 4.69) is 30.5 Å². The third-order valence-electron chi connectivity index (χ3n) is 2.85. The number of aromatic nitrogens is 5. The van der Waals surface area contributed by atoms with Crippen molar-refractivity contribution in [3.8, 4) is 0 Å². The molecule has 6 nitrogen and oxygen atoms in total. The van der Waals surface area contributed by atoms with Crippen LogP contribution in [0.2, 0.25) is 5.15 Å². The quantitative estimate of drug-likeness (QED) is 0.780. The van der Waals surface area contributed by atoms with Crippen molar-refractivity contribution >= 4 is 34.4 Å². The molecular weight excluding hydrogens is 276 g/mol. The maximum Gasteiger partial charge on any atom is 0.248 e. The number of halogens is 1. The molecule has 3 aromatic rings. The van der Waals surface area contributed by atoms with Crippen molar-refractivity contribution in [3.63, 3.8) is 0 Å². The summed E-state index contributed by atoms with van der Waals surface area (Å²) in [6.07, 6.45) is 0. The zero-order valence-corrected chi connectivity index (χ0v) is 11.7. The minimum atomic E-state index is 0.269. The van der Waals surface area contributed by atoms with Crippen LogP contribution in [0.3, 0.4) is 0 Å². The van der Waals surface area contributed by atoms with Crippen molar-refractivity contribution < 1.29 is 0 Å². The van der Waals surface area contributed by atoms with Gasteiger partial charge in [-0.3, -0.25) is 0 Å². The lowest BCUT2D eigenvalue weighted by molar-refractivity contribution is 0.903. The van der Waals surface area contributed by atoms with E-state index in [-0.39, 0.29) is 5.15 Å².